The zero-order valence-electron chi connectivity index (χ0n) is 24.1. The van der Waals surface area contributed by atoms with Crippen molar-refractivity contribution in [3.05, 3.63) is 146 Å². The number of thiazole rings is 1. The summed E-state index contributed by atoms with van der Waals surface area (Å²) < 4.78 is 9.83. The average Bonchev–Trinajstić information content (AvgIpc) is 3.80. The van der Waals surface area contributed by atoms with Crippen LogP contribution in [0, 0.1) is 0 Å². The summed E-state index contributed by atoms with van der Waals surface area (Å²) in [6.45, 7) is 0. The van der Waals surface area contributed by atoms with Crippen LogP contribution in [0.5, 0.6) is 0 Å². The van der Waals surface area contributed by atoms with Gasteiger partial charge < -0.3 is 8.98 Å². The summed E-state index contributed by atoms with van der Waals surface area (Å²) in [5.41, 5.74) is 9.84. The Morgan fingerprint density at radius 1 is 0.511 bits per heavy atom. The zero-order chi connectivity index (χ0) is 29.5. The fraction of sp³-hybridized carbons (Fsp3) is 0. The van der Waals surface area contributed by atoms with E-state index in [-0.39, 0.29) is 0 Å². The Morgan fingerprint density at radius 2 is 1.27 bits per heavy atom. The number of para-hydroxylation sites is 1. The minimum Gasteiger partial charge on any atom is -0.456 e. The highest BCUT2D eigenvalue weighted by molar-refractivity contribution is 7.22. The average molecular weight is 593 g/mol. The van der Waals surface area contributed by atoms with Gasteiger partial charge in [-0.15, -0.1) is 11.3 Å². The number of fused-ring (bicyclic) bond motifs is 10. The van der Waals surface area contributed by atoms with E-state index in [4.69, 9.17) is 9.40 Å². The summed E-state index contributed by atoms with van der Waals surface area (Å²) >= 11 is 1.73. The van der Waals surface area contributed by atoms with E-state index in [9.17, 15) is 0 Å². The third kappa shape index (κ3) is 3.67. The van der Waals surface area contributed by atoms with Crippen LogP contribution in [0.25, 0.3) is 92.1 Å². The second-order valence-electron chi connectivity index (χ2n) is 11.6. The lowest BCUT2D eigenvalue weighted by atomic mass is 10.0. The van der Waals surface area contributed by atoms with Gasteiger partial charge in [-0.2, -0.15) is 0 Å². The Bertz CT molecular complexity index is 2750. The van der Waals surface area contributed by atoms with Gasteiger partial charge in [-0.3, -0.25) is 0 Å². The molecule has 0 fully saturated rings. The maximum absolute atomic E-state index is 6.30. The van der Waals surface area contributed by atoms with Gasteiger partial charge in [-0.05, 0) is 82.6 Å². The Morgan fingerprint density at radius 3 is 2.16 bits per heavy atom. The Balaban J connectivity index is 1.11. The molecule has 0 amide bonds. The standard InChI is InChI=1S/C41H24N2OS/c1-2-8-25(9-3-1)28-17-22-36-32(24-28)39-37(44-36)23-20-33-40(39)45-41(42-33)27-14-18-29(19-15-27)43-34-13-7-6-12-31(34)38-30-11-5-4-10-26(30)16-21-35(38)43/h1-24H. The summed E-state index contributed by atoms with van der Waals surface area (Å²) in [5, 5.41) is 8.38. The van der Waals surface area contributed by atoms with Crippen LogP contribution in [-0.4, -0.2) is 9.55 Å². The topological polar surface area (TPSA) is 31.0 Å². The third-order valence-corrected chi connectivity index (χ3v) is 10.2. The second kappa shape index (κ2) is 9.39. The van der Waals surface area contributed by atoms with E-state index < -0.39 is 0 Å². The van der Waals surface area contributed by atoms with E-state index >= 15 is 0 Å². The van der Waals surface area contributed by atoms with Crippen LogP contribution < -0.4 is 0 Å². The molecule has 10 aromatic rings. The minimum atomic E-state index is 0.896. The fourth-order valence-electron chi connectivity index (χ4n) is 6.95. The largest absolute Gasteiger partial charge is 0.456 e. The maximum Gasteiger partial charge on any atom is 0.137 e. The number of benzene rings is 7. The molecule has 0 radical (unpaired) electrons. The molecule has 0 unspecified atom stereocenters. The van der Waals surface area contributed by atoms with Crippen LogP contribution >= 0.6 is 11.3 Å². The van der Waals surface area contributed by atoms with Gasteiger partial charge in [0.2, 0.25) is 0 Å². The predicted molar refractivity (Wildman–Crippen MR) is 190 cm³/mol. The quantitative estimate of drug-likeness (QED) is 0.204. The van der Waals surface area contributed by atoms with Crippen molar-refractivity contribution in [2.75, 3.05) is 0 Å². The van der Waals surface area contributed by atoms with Crippen LogP contribution in [0.2, 0.25) is 0 Å². The maximum atomic E-state index is 6.30. The van der Waals surface area contributed by atoms with Crippen molar-refractivity contribution in [2.45, 2.75) is 0 Å². The first-order valence-electron chi connectivity index (χ1n) is 15.1. The number of rotatable bonds is 3. The van der Waals surface area contributed by atoms with E-state index in [1.54, 1.807) is 11.3 Å². The van der Waals surface area contributed by atoms with Gasteiger partial charge in [-0.25, -0.2) is 4.98 Å². The van der Waals surface area contributed by atoms with Crippen LogP contribution in [0.1, 0.15) is 0 Å². The highest BCUT2D eigenvalue weighted by atomic mass is 32.1. The lowest BCUT2D eigenvalue weighted by Crippen LogP contribution is -1.93. The van der Waals surface area contributed by atoms with Crippen molar-refractivity contribution in [1.29, 1.82) is 0 Å². The molecule has 0 spiro atoms. The van der Waals surface area contributed by atoms with Crippen molar-refractivity contribution < 1.29 is 4.42 Å². The van der Waals surface area contributed by atoms with Gasteiger partial charge in [0.25, 0.3) is 0 Å². The Hall–Kier alpha value is -5.71. The van der Waals surface area contributed by atoms with Gasteiger partial charge >= 0.3 is 0 Å². The van der Waals surface area contributed by atoms with Gasteiger partial charge in [-0.1, -0.05) is 84.9 Å². The summed E-state index contributed by atoms with van der Waals surface area (Å²) in [7, 11) is 0. The van der Waals surface area contributed by atoms with Crippen LogP contribution in [0.4, 0.5) is 0 Å². The minimum absolute atomic E-state index is 0.896. The van der Waals surface area contributed by atoms with E-state index in [0.29, 0.717) is 0 Å². The Kier molecular flexibility index (Phi) is 5.16. The predicted octanol–water partition coefficient (Wildman–Crippen LogP) is 11.8. The molecule has 0 atom stereocenters. The van der Waals surface area contributed by atoms with Gasteiger partial charge in [0.05, 0.1) is 21.3 Å². The molecule has 45 heavy (non-hydrogen) atoms. The molecule has 7 aromatic carbocycles. The molecule has 10 rings (SSSR count). The molecular weight excluding hydrogens is 569 g/mol. The first-order valence-corrected chi connectivity index (χ1v) is 15.9. The number of hydrogen-bond donors (Lipinski definition) is 0. The number of hydrogen-bond acceptors (Lipinski definition) is 3. The van der Waals surface area contributed by atoms with Crippen molar-refractivity contribution >= 4 is 76.1 Å². The van der Waals surface area contributed by atoms with Crippen molar-refractivity contribution in [1.82, 2.24) is 9.55 Å². The van der Waals surface area contributed by atoms with Crippen molar-refractivity contribution in [2.24, 2.45) is 0 Å². The molecule has 0 saturated heterocycles. The molecular formula is C41H24N2OS. The highest BCUT2D eigenvalue weighted by Crippen LogP contribution is 2.42. The second-order valence-corrected chi connectivity index (χ2v) is 12.6. The zero-order valence-corrected chi connectivity index (χ0v) is 24.9. The van der Waals surface area contributed by atoms with Crippen LogP contribution in [0.3, 0.4) is 0 Å². The lowest BCUT2D eigenvalue weighted by molar-refractivity contribution is 0.669. The molecule has 3 nitrogen and oxygen atoms in total. The monoisotopic (exact) mass is 592 g/mol. The van der Waals surface area contributed by atoms with Crippen LogP contribution in [0.15, 0.2) is 150 Å². The van der Waals surface area contributed by atoms with Crippen molar-refractivity contribution in [3.8, 4) is 27.4 Å². The lowest BCUT2D eigenvalue weighted by Gasteiger charge is -2.09. The Labute approximate surface area is 262 Å². The van der Waals surface area contributed by atoms with Crippen molar-refractivity contribution in [3.63, 3.8) is 0 Å². The van der Waals surface area contributed by atoms with Gasteiger partial charge in [0.15, 0.2) is 0 Å². The molecule has 3 aromatic heterocycles. The molecule has 3 heterocycles. The summed E-state index contributed by atoms with van der Waals surface area (Å²) in [4.78, 5) is 5.10. The van der Waals surface area contributed by atoms with Crippen LogP contribution in [-0.2, 0) is 0 Å². The first-order chi connectivity index (χ1) is 22.3. The molecule has 4 heteroatoms. The van der Waals surface area contributed by atoms with Gasteiger partial charge in [0, 0.05) is 32.8 Å². The molecule has 0 saturated carbocycles. The number of nitrogens with zero attached hydrogens (tertiary/aromatic N) is 2. The fourth-order valence-corrected chi connectivity index (χ4v) is 8.07. The van der Waals surface area contributed by atoms with E-state index in [0.717, 1.165) is 48.4 Å². The molecule has 0 N–H and O–H groups in total. The normalized spacial score (nSPS) is 12.0. The molecule has 0 aliphatic heterocycles. The highest BCUT2D eigenvalue weighted by Gasteiger charge is 2.17. The first kappa shape index (κ1) is 24.7. The number of aromatic nitrogens is 2. The summed E-state index contributed by atoms with van der Waals surface area (Å²) in [5.74, 6) is 0. The SMILES string of the molecule is c1ccc(-c2ccc3oc4ccc5nc(-c6ccc(-n7c8ccccc8c8c9ccccc9ccc87)cc6)sc5c4c3c2)cc1. The molecule has 0 bridgehead atoms. The molecule has 0 aliphatic rings. The molecule has 210 valence electrons. The molecule has 0 aliphatic carbocycles. The number of furan rings is 1. The third-order valence-electron chi connectivity index (χ3n) is 9.03. The van der Waals surface area contributed by atoms with Gasteiger partial charge in [0.1, 0.15) is 16.2 Å². The van der Waals surface area contributed by atoms with E-state index in [1.165, 1.54) is 43.7 Å². The summed E-state index contributed by atoms with van der Waals surface area (Å²) in [6.07, 6.45) is 0. The van der Waals surface area contributed by atoms with E-state index in [1.807, 2.05) is 0 Å². The summed E-state index contributed by atoms with van der Waals surface area (Å²) in [6, 6.07) is 51.8. The van der Waals surface area contributed by atoms with E-state index in [2.05, 4.69) is 150 Å². The smallest absolute Gasteiger partial charge is 0.137 e.